The lowest BCUT2D eigenvalue weighted by Gasteiger charge is -2.02. The van der Waals surface area contributed by atoms with Crippen molar-refractivity contribution in [2.45, 2.75) is 0 Å². The lowest BCUT2D eigenvalue weighted by atomic mass is 10.7. The van der Waals surface area contributed by atoms with Crippen molar-refractivity contribution in [2.24, 2.45) is 0 Å². The van der Waals surface area contributed by atoms with Crippen molar-refractivity contribution in [3.05, 3.63) is 6.33 Å². The van der Waals surface area contributed by atoms with Crippen LogP contribution in [0.25, 0.3) is 0 Å². The molecule has 0 saturated heterocycles. The molecule has 1 radical (unpaired) electrons. The first-order chi connectivity index (χ1) is 7.51. The molecular weight excluding hydrogens is 236 g/mol. The van der Waals surface area contributed by atoms with E-state index in [1.807, 2.05) is 0 Å². The predicted octanol–water partition coefficient (Wildman–Crippen LogP) is -1.14. The molecule has 0 fully saturated rings. The Morgan fingerprint density at radius 2 is 2.12 bits per heavy atom. The smallest absolute Gasteiger partial charge is 0.266 e. The van der Waals surface area contributed by atoms with Crippen LogP contribution in [-0.2, 0) is 10.1 Å². The van der Waals surface area contributed by atoms with E-state index >= 15 is 0 Å². The van der Waals surface area contributed by atoms with E-state index in [1.165, 1.54) is 0 Å². The second kappa shape index (κ2) is 5.19. The maximum absolute atomic E-state index is 10.4. The Labute approximate surface area is 91.3 Å². The molecule has 16 heavy (non-hydrogen) atoms. The molecule has 0 saturated carbocycles. The minimum Gasteiger partial charge on any atom is -0.353 e. The average Bonchev–Trinajstić information content (AvgIpc) is 2.17. The lowest BCUT2D eigenvalue weighted by Crippen LogP contribution is -2.16. The molecule has 1 rings (SSSR count). The molecule has 0 aromatic carbocycles. The summed E-state index contributed by atoms with van der Waals surface area (Å²) in [5, 5.41) is 13.0. The molecule has 0 spiro atoms. The van der Waals surface area contributed by atoms with Gasteiger partial charge >= 0.3 is 0 Å². The van der Waals surface area contributed by atoms with Crippen LogP contribution in [0.15, 0.2) is 0 Å². The van der Waals surface area contributed by atoms with Gasteiger partial charge in [-0.25, -0.2) is 0 Å². The average molecular weight is 243 g/mol. The summed E-state index contributed by atoms with van der Waals surface area (Å²) in [4.78, 5) is 10.8. The van der Waals surface area contributed by atoms with Crippen LogP contribution >= 0.6 is 0 Å². The second-order valence-electron chi connectivity index (χ2n) is 2.53. The van der Waals surface area contributed by atoms with Gasteiger partial charge in [0.25, 0.3) is 10.1 Å². The van der Waals surface area contributed by atoms with Crippen molar-refractivity contribution in [2.75, 3.05) is 22.9 Å². The molecule has 85 valence electrons. The molecule has 1 heterocycles. The Bertz CT molecular complexity index is 495. The summed E-state index contributed by atoms with van der Waals surface area (Å²) in [5.74, 6) is -0.428. The van der Waals surface area contributed by atoms with Gasteiger partial charge in [-0.15, -0.1) is 0 Å². The zero-order chi connectivity index (χ0) is 12.0. The molecule has 10 heteroatoms. The standard InChI is InChI=1S/C6H7N6O3S/c7-3-9-6-11-4-10-5(12-6)8-1-2-16(13,14)15/h1-2H2,(H,13,14,15)(H2,8,9,10,11,12). The minimum atomic E-state index is -4.03. The van der Waals surface area contributed by atoms with E-state index in [-0.39, 0.29) is 18.4 Å². The number of rotatable bonds is 5. The van der Waals surface area contributed by atoms with E-state index in [9.17, 15) is 8.42 Å². The van der Waals surface area contributed by atoms with Crippen LogP contribution < -0.4 is 10.6 Å². The van der Waals surface area contributed by atoms with Crippen molar-refractivity contribution in [1.82, 2.24) is 15.0 Å². The Morgan fingerprint density at radius 1 is 1.44 bits per heavy atom. The van der Waals surface area contributed by atoms with Gasteiger partial charge in [0.15, 0.2) is 6.19 Å². The first-order valence-corrected chi connectivity index (χ1v) is 5.58. The second-order valence-corrected chi connectivity index (χ2v) is 4.10. The Kier molecular flexibility index (Phi) is 3.92. The third kappa shape index (κ3) is 4.49. The summed E-state index contributed by atoms with van der Waals surface area (Å²) < 4.78 is 29.2. The first kappa shape index (κ1) is 12.1. The fourth-order valence-electron chi connectivity index (χ4n) is 0.747. The Morgan fingerprint density at radius 3 is 2.75 bits per heavy atom. The Hall–Kier alpha value is -1.99. The van der Waals surface area contributed by atoms with Crippen molar-refractivity contribution < 1.29 is 13.0 Å². The number of hydrogen-bond donors (Lipinski definition) is 3. The molecule has 0 aliphatic carbocycles. The molecule has 1 aromatic rings. The van der Waals surface area contributed by atoms with Crippen LogP contribution in [0.3, 0.4) is 0 Å². The summed E-state index contributed by atoms with van der Waals surface area (Å²) in [7, 11) is -4.03. The van der Waals surface area contributed by atoms with Gasteiger partial charge in [0.2, 0.25) is 18.2 Å². The topological polar surface area (TPSA) is 141 Å². The first-order valence-electron chi connectivity index (χ1n) is 3.97. The van der Waals surface area contributed by atoms with Crippen LogP contribution in [-0.4, -0.2) is 40.2 Å². The van der Waals surface area contributed by atoms with Gasteiger partial charge in [-0.1, -0.05) is 0 Å². The van der Waals surface area contributed by atoms with Crippen LogP contribution in [0.1, 0.15) is 0 Å². The monoisotopic (exact) mass is 243 g/mol. The van der Waals surface area contributed by atoms with Gasteiger partial charge in [-0.2, -0.15) is 28.6 Å². The van der Waals surface area contributed by atoms with Gasteiger partial charge in [0.1, 0.15) is 0 Å². The summed E-state index contributed by atoms with van der Waals surface area (Å²) in [6.07, 6.45) is 3.82. The summed E-state index contributed by atoms with van der Waals surface area (Å²) in [6.45, 7) is -0.0668. The molecule has 1 aromatic heterocycles. The molecule has 0 unspecified atom stereocenters. The van der Waals surface area contributed by atoms with Gasteiger partial charge in [-0.05, 0) is 0 Å². The van der Waals surface area contributed by atoms with Gasteiger partial charge in [0.05, 0.1) is 5.75 Å². The third-order valence-corrected chi connectivity index (χ3v) is 2.05. The molecule has 0 aliphatic rings. The van der Waals surface area contributed by atoms with Crippen molar-refractivity contribution in [3.8, 4) is 6.19 Å². The van der Waals surface area contributed by atoms with Gasteiger partial charge < -0.3 is 5.32 Å². The van der Waals surface area contributed by atoms with Crippen molar-refractivity contribution in [1.29, 1.82) is 5.26 Å². The molecule has 0 amide bonds. The summed E-state index contributed by atoms with van der Waals surface area (Å²) >= 11 is 0. The van der Waals surface area contributed by atoms with Crippen molar-refractivity contribution in [3.63, 3.8) is 0 Å². The number of nitriles is 1. The highest BCUT2D eigenvalue weighted by Gasteiger charge is 2.05. The SMILES string of the molecule is N#CNc1n[c]nc(NCCS(=O)(=O)O)n1. The molecule has 0 aliphatic heterocycles. The van der Waals surface area contributed by atoms with Gasteiger partial charge in [-0.3, -0.25) is 9.87 Å². The lowest BCUT2D eigenvalue weighted by molar-refractivity contribution is 0.484. The summed E-state index contributed by atoms with van der Waals surface area (Å²) in [6, 6.07) is 0. The van der Waals surface area contributed by atoms with E-state index in [2.05, 4.69) is 31.9 Å². The van der Waals surface area contributed by atoms with E-state index in [0.29, 0.717) is 0 Å². The number of nitrogens with one attached hydrogen (secondary N) is 2. The molecule has 3 N–H and O–H groups in total. The molecule has 9 nitrogen and oxygen atoms in total. The highest BCUT2D eigenvalue weighted by atomic mass is 32.2. The van der Waals surface area contributed by atoms with Crippen molar-refractivity contribution >= 4 is 22.0 Å². The largest absolute Gasteiger partial charge is 0.353 e. The zero-order valence-electron chi connectivity index (χ0n) is 7.88. The quantitative estimate of drug-likeness (QED) is 0.332. The Balaban J connectivity index is 2.55. The normalized spacial score (nSPS) is 10.5. The zero-order valence-corrected chi connectivity index (χ0v) is 8.69. The third-order valence-electron chi connectivity index (χ3n) is 1.33. The fourth-order valence-corrected chi connectivity index (χ4v) is 1.11. The fraction of sp³-hybridized carbons (Fsp3) is 0.333. The van der Waals surface area contributed by atoms with E-state index in [4.69, 9.17) is 9.81 Å². The number of hydrogen-bond acceptors (Lipinski definition) is 8. The maximum Gasteiger partial charge on any atom is 0.266 e. The minimum absolute atomic E-state index is 0.00754. The highest BCUT2D eigenvalue weighted by molar-refractivity contribution is 7.85. The van der Waals surface area contributed by atoms with Crippen LogP contribution in [0.2, 0.25) is 0 Å². The maximum atomic E-state index is 10.4. The van der Waals surface area contributed by atoms with Crippen LogP contribution in [0.4, 0.5) is 11.9 Å². The number of aromatic nitrogens is 3. The van der Waals surface area contributed by atoms with Gasteiger partial charge in [0, 0.05) is 6.54 Å². The summed E-state index contributed by atoms with van der Waals surface area (Å²) in [5.41, 5.74) is 0. The van der Waals surface area contributed by atoms with Crippen LogP contribution in [0, 0.1) is 17.8 Å². The predicted molar refractivity (Wildman–Crippen MR) is 52.8 cm³/mol. The highest BCUT2D eigenvalue weighted by Crippen LogP contribution is 1.99. The van der Waals surface area contributed by atoms with E-state index < -0.39 is 15.9 Å². The van der Waals surface area contributed by atoms with E-state index in [0.717, 1.165) is 0 Å². The molecular formula is C6H7N6O3S. The number of nitrogens with zero attached hydrogens (tertiary/aromatic N) is 4. The molecule has 0 bridgehead atoms. The van der Waals surface area contributed by atoms with Crippen LogP contribution in [0.5, 0.6) is 0 Å². The van der Waals surface area contributed by atoms with E-state index in [1.54, 1.807) is 6.19 Å². The molecule has 0 atom stereocenters. The number of anilines is 2.